The zero-order chi connectivity index (χ0) is 14.4. The van der Waals surface area contributed by atoms with Crippen LogP contribution in [-0.2, 0) is 22.4 Å². The molecule has 0 saturated heterocycles. The number of aromatic nitrogens is 4. The van der Waals surface area contributed by atoms with Gasteiger partial charge in [-0.3, -0.25) is 4.98 Å². The van der Waals surface area contributed by atoms with Crippen LogP contribution >= 0.6 is 0 Å². The number of ether oxygens (including phenoxy) is 2. The van der Waals surface area contributed by atoms with Crippen molar-refractivity contribution >= 4 is 5.97 Å². The molecular weight excluding hydrogens is 260 g/mol. The van der Waals surface area contributed by atoms with Crippen molar-refractivity contribution in [3.8, 4) is 0 Å². The van der Waals surface area contributed by atoms with Gasteiger partial charge in [0.1, 0.15) is 0 Å². The summed E-state index contributed by atoms with van der Waals surface area (Å²) in [6, 6.07) is 5.63. The lowest BCUT2D eigenvalue weighted by Gasteiger charge is -2.06. The summed E-state index contributed by atoms with van der Waals surface area (Å²) in [7, 11) is 2.92. The van der Waals surface area contributed by atoms with Gasteiger partial charge in [0.15, 0.2) is 5.69 Å². The number of nitrogens with zero attached hydrogens (tertiary/aromatic N) is 4. The molecule has 0 aromatic carbocycles. The highest BCUT2D eigenvalue weighted by atomic mass is 16.5. The fourth-order valence-corrected chi connectivity index (χ4v) is 1.81. The first-order valence-electron chi connectivity index (χ1n) is 6.15. The van der Waals surface area contributed by atoms with Gasteiger partial charge in [-0.2, -0.15) is 0 Å². The van der Waals surface area contributed by atoms with Gasteiger partial charge in [0.05, 0.1) is 31.6 Å². The summed E-state index contributed by atoms with van der Waals surface area (Å²) in [5.41, 5.74) is 1.75. The molecule has 0 aliphatic heterocycles. The van der Waals surface area contributed by atoms with Gasteiger partial charge in [-0.1, -0.05) is 11.3 Å². The van der Waals surface area contributed by atoms with E-state index in [0.717, 1.165) is 5.69 Å². The highest BCUT2D eigenvalue weighted by molar-refractivity contribution is 5.88. The molecule has 0 radical (unpaired) electrons. The number of hydrogen-bond donors (Lipinski definition) is 0. The topological polar surface area (TPSA) is 79.1 Å². The quantitative estimate of drug-likeness (QED) is 0.722. The zero-order valence-electron chi connectivity index (χ0n) is 11.4. The fraction of sp³-hybridized carbons (Fsp3) is 0.385. The number of pyridine rings is 1. The molecule has 2 aromatic rings. The lowest BCUT2D eigenvalue weighted by Crippen LogP contribution is -2.13. The summed E-state index contributed by atoms with van der Waals surface area (Å²) in [6.45, 7) is 0.920. The second kappa shape index (κ2) is 6.76. The van der Waals surface area contributed by atoms with Gasteiger partial charge in [0.2, 0.25) is 0 Å². The van der Waals surface area contributed by atoms with E-state index in [1.165, 1.54) is 7.11 Å². The molecule has 106 valence electrons. The minimum Gasteiger partial charge on any atom is -0.464 e. The Hall–Kier alpha value is -2.28. The first kappa shape index (κ1) is 14.1. The summed E-state index contributed by atoms with van der Waals surface area (Å²) < 4.78 is 11.4. The second-order valence-electron chi connectivity index (χ2n) is 4.10. The van der Waals surface area contributed by atoms with Crippen LogP contribution in [0.3, 0.4) is 0 Å². The predicted molar refractivity (Wildman–Crippen MR) is 70.3 cm³/mol. The van der Waals surface area contributed by atoms with Crippen LogP contribution in [0.1, 0.15) is 21.9 Å². The molecule has 0 unspecified atom stereocenters. The summed E-state index contributed by atoms with van der Waals surface area (Å²) in [6.07, 6.45) is 2.24. The minimum atomic E-state index is -0.497. The zero-order valence-corrected chi connectivity index (χ0v) is 11.4. The number of carbonyl (C=O) groups excluding carboxylic acids is 1. The molecule has 0 bridgehead atoms. The average Bonchev–Trinajstić information content (AvgIpc) is 2.88. The monoisotopic (exact) mass is 276 g/mol. The number of esters is 1. The number of carbonyl (C=O) groups is 1. The molecule has 0 amide bonds. The Morgan fingerprint density at radius 1 is 1.35 bits per heavy atom. The molecule has 0 spiro atoms. The van der Waals surface area contributed by atoms with Crippen LogP contribution in [0.2, 0.25) is 0 Å². The predicted octanol–water partition coefficient (Wildman–Crippen LogP) is 0.697. The molecule has 2 aromatic heterocycles. The highest BCUT2D eigenvalue weighted by Crippen LogP contribution is 2.10. The highest BCUT2D eigenvalue weighted by Gasteiger charge is 2.20. The van der Waals surface area contributed by atoms with Crippen molar-refractivity contribution in [1.82, 2.24) is 20.0 Å². The number of rotatable bonds is 6. The maximum Gasteiger partial charge on any atom is 0.360 e. The smallest absolute Gasteiger partial charge is 0.360 e. The van der Waals surface area contributed by atoms with E-state index in [1.807, 2.05) is 18.2 Å². The number of methoxy groups -OCH3 is 2. The summed E-state index contributed by atoms with van der Waals surface area (Å²) in [4.78, 5) is 15.9. The molecule has 0 aliphatic rings. The van der Waals surface area contributed by atoms with E-state index in [9.17, 15) is 4.79 Å². The van der Waals surface area contributed by atoms with E-state index in [0.29, 0.717) is 25.3 Å². The third-order valence-electron chi connectivity index (χ3n) is 2.80. The van der Waals surface area contributed by atoms with Crippen LogP contribution in [0.25, 0.3) is 0 Å². The standard InChI is InChI=1S/C13H16N4O3/c1-19-8-6-11-12(13(18)20-2)15-16-17(11)9-10-5-3-4-7-14-10/h3-5,7H,6,8-9H2,1-2H3. The Balaban J connectivity index is 2.27. The van der Waals surface area contributed by atoms with Crippen LogP contribution in [0.15, 0.2) is 24.4 Å². The molecule has 7 nitrogen and oxygen atoms in total. The Bertz CT molecular complexity index is 568. The van der Waals surface area contributed by atoms with Crippen molar-refractivity contribution in [3.63, 3.8) is 0 Å². The SMILES string of the molecule is COCCc1c(C(=O)OC)nnn1Cc1ccccn1. The van der Waals surface area contributed by atoms with E-state index in [4.69, 9.17) is 9.47 Å². The second-order valence-corrected chi connectivity index (χ2v) is 4.10. The van der Waals surface area contributed by atoms with Crippen molar-refractivity contribution in [3.05, 3.63) is 41.5 Å². The third-order valence-corrected chi connectivity index (χ3v) is 2.80. The molecule has 2 heterocycles. The van der Waals surface area contributed by atoms with E-state index in [1.54, 1.807) is 18.0 Å². The van der Waals surface area contributed by atoms with Crippen LogP contribution in [0.5, 0.6) is 0 Å². The summed E-state index contributed by atoms with van der Waals surface area (Å²) in [5.74, 6) is -0.497. The van der Waals surface area contributed by atoms with Gasteiger partial charge < -0.3 is 9.47 Å². The fourth-order valence-electron chi connectivity index (χ4n) is 1.81. The Morgan fingerprint density at radius 2 is 2.20 bits per heavy atom. The van der Waals surface area contributed by atoms with E-state index in [2.05, 4.69) is 15.3 Å². The van der Waals surface area contributed by atoms with Crippen molar-refractivity contribution < 1.29 is 14.3 Å². The van der Waals surface area contributed by atoms with Gasteiger partial charge in [0.25, 0.3) is 0 Å². The largest absolute Gasteiger partial charge is 0.464 e. The van der Waals surface area contributed by atoms with Gasteiger partial charge in [-0.05, 0) is 12.1 Å². The average molecular weight is 276 g/mol. The molecule has 0 atom stereocenters. The Morgan fingerprint density at radius 3 is 2.85 bits per heavy atom. The van der Waals surface area contributed by atoms with Crippen LogP contribution < -0.4 is 0 Å². The van der Waals surface area contributed by atoms with Crippen molar-refractivity contribution in [1.29, 1.82) is 0 Å². The molecular formula is C13H16N4O3. The first-order chi connectivity index (χ1) is 9.76. The van der Waals surface area contributed by atoms with Gasteiger partial charge in [-0.25, -0.2) is 9.48 Å². The minimum absolute atomic E-state index is 0.223. The first-order valence-corrected chi connectivity index (χ1v) is 6.15. The lowest BCUT2D eigenvalue weighted by atomic mass is 10.2. The van der Waals surface area contributed by atoms with E-state index < -0.39 is 5.97 Å². The maximum atomic E-state index is 11.7. The molecule has 0 fully saturated rings. The van der Waals surface area contributed by atoms with E-state index >= 15 is 0 Å². The van der Waals surface area contributed by atoms with Crippen molar-refractivity contribution in [2.75, 3.05) is 20.8 Å². The Kier molecular flexibility index (Phi) is 4.78. The summed E-state index contributed by atoms with van der Waals surface area (Å²) >= 11 is 0. The van der Waals surface area contributed by atoms with Crippen LogP contribution in [0, 0.1) is 0 Å². The van der Waals surface area contributed by atoms with Crippen LogP contribution in [-0.4, -0.2) is 46.8 Å². The molecule has 0 N–H and O–H groups in total. The van der Waals surface area contributed by atoms with E-state index in [-0.39, 0.29) is 5.69 Å². The summed E-state index contributed by atoms with van der Waals surface area (Å²) in [5, 5.41) is 7.89. The number of hydrogen-bond acceptors (Lipinski definition) is 6. The van der Waals surface area contributed by atoms with Crippen LogP contribution in [0.4, 0.5) is 0 Å². The molecule has 7 heteroatoms. The molecule has 0 aliphatic carbocycles. The lowest BCUT2D eigenvalue weighted by molar-refractivity contribution is 0.0592. The third kappa shape index (κ3) is 3.18. The molecule has 0 saturated carbocycles. The molecule has 20 heavy (non-hydrogen) atoms. The van der Waals surface area contributed by atoms with Gasteiger partial charge in [-0.15, -0.1) is 5.10 Å². The maximum absolute atomic E-state index is 11.7. The van der Waals surface area contributed by atoms with Crippen molar-refractivity contribution in [2.45, 2.75) is 13.0 Å². The van der Waals surface area contributed by atoms with Gasteiger partial charge >= 0.3 is 5.97 Å². The van der Waals surface area contributed by atoms with Gasteiger partial charge in [0, 0.05) is 19.7 Å². The van der Waals surface area contributed by atoms with Crippen molar-refractivity contribution in [2.24, 2.45) is 0 Å². The Labute approximate surface area is 116 Å². The normalized spacial score (nSPS) is 10.5. The molecule has 2 rings (SSSR count).